The van der Waals surface area contributed by atoms with Crippen molar-refractivity contribution in [1.82, 2.24) is 15.6 Å². The molecule has 0 saturated heterocycles. The Bertz CT molecular complexity index is 571. The summed E-state index contributed by atoms with van der Waals surface area (Å²) < 4.78 is 0. The van der Waals surface area contributed by atoms with Crippen LogP contribution in [0.25, 0.3) is 0 Å². The first-order valence-electron chi connectivity index (χ1n) is 6.83. The lowest BCUT2D eigenvalue weighted by atomic mass is 10.1. The molecule has 1 heterocycles. The van der Waals surface area contributed by atoms with Crippen molar-refractivity contribution in [2.75, 3.05) is 0 Å². The van der Waals surface area contributed by atoms with Crippen molar-refractivity contribution in [3.05, 3.63) is 42.2 Å². The largest absolute Gasteiger partial charge is 0.478 e. The molecule has 0 radical (unpaired) electrons. The van der Waals surface area contributed by atoms with Crippen LogP contribution in [0.3, 0.4) is 0 Å². The molecule has 0 aromatic carbocycles. The molecule has 0 aliphatic carbocycles. The smallest absolute Gasteiger partial charge is 0.350 e. The van der Waals surface area contributed by atoms with Gasteiger partial charge in [0.25, 0.3) is 5.91 Å². The number of amides is 2. The number of carboxylic acids is 1. The summed E-state index contributed by atoms with van der Waals surface area (Å²) in [6.45, 7) is 3.16. The number of hydrogen-bond acceptors (Lipinski definition) is 4. The zero-order chi connectivity index (χ0) is 16.6. The molecule has 7 nitrogen and oxygen atoms in total. The predicted molar refractivity (Wildman–Crippen MR) is 79.9 cm³/mol. The van der Waals surface area contributed by atoms with Crippen molar-refractivity contribution < 1.29 is 19.5 Å². The topological polar surface area (TPSA) is 108 Å². The van der Waals surface area contributed by atoms with E-state index in [1.807, 2.05) is 6.92 Å². The van der Waals surface area contributed by atoms with Gasteiger partial charge in [-0.2, -0.15) is 0 Å². The number of carbonyl (C=O) groups excluding carboxylic acids is 2. The van der Waals surface area contributed by atoms with Gasteiger partial charge in [0, 0.05) is 12.4 Å². The van der Waals surface area contributed by atoms with E-state index in [-0.39, 0.29) is 5.56 Å². The van der Waals surface area contributed by atoms with Gasteiger partial charge in [-0.3, -0.25) is 14.6 Å². The second-order valence-electron chi connectivity index (χ2n) is 4.81. The number of hydrogen-bond donors (Lipinski definition) is 3. The third-order valence-electron chi connectivity index (χ3n) is 2.81. The minimum atomic E-state index is -1.92. The van der Waals surface area contributed by atoms with Crippen LogP contribution >= 0.6 is 0 Å². The first-order valence-corrected chi connectivity index (χ1v) is 6.83. The number of rotatable bonds is 7. The van der Waals surface area contributed by atoms with Crippen LogP contribution in [0, 0.1) is 0 Å². The van der Waals surface area contributed by atoms with Crippen molar-refractivity contribution in [3.8, 4) is 0 Å². The maximum absolute atomic E-state index is 12.0. The Morgan fingerprint density at radius 1 is 1.36 bits per heavy atom. The second kappa shape index (κ2) is 7.92. The Labute approximate surface area is 128 Å². The van der Waals surface area contributed by atoms with Crippen LogP contribution < -0.4 is 10.6 Å². The molecule has 0 spiro atoms. The lowest BCUT2D eigenvalue weighted by Crippen LogP contribution is -2.63. The average molecular weight is 305 g/mol. The number of carboxylic acid groups (broad SMARTS) is 1. The number of nitrogens with zero attached hydrogens (tertiary/aromatic N) is 1. The lowest BCUT2D eigenvalue weighted by molar-refractivity contribution is -0.147. The van der Waals surface area contributed by atoms with Crippen molar-refractivity contribution in [2.24, 2.45) is 0 Å². The molecule has 2 amide bonds. The Balaban J connectivity index is 2.81. The van der Waals surface area contributed by atoms with Crippen LogP contribution in [0.5, 0.6) is 0 Å². The highest BCUT2D eigenvalue weighted by molar-refractivity contribution is 5.99. The van der Waals surface area contributed by atoms with Gasteiger partial charge in [0.05, 0.1) is 5.56 Å². The molecule has 22 heavy (non-hydrogen) atoms. The number of aliphatic carboxylic acids is 1. The van der Waals surface area contributed by atoms with Crippen LogP contribution in [0.4, 0.5) is 0 Å². The zero-order valence-corrected chi connectivity index (χ0v) is 12.5. The first-order chi connectivity index (χ1) is 10.4. The maximum atomic E-state index is 12.0. The Kier molecular flexibility index (Phi) is 6.25. The van der Waals surface area contributed by atoms with Crippen molar-refractivity contribution in [1.29, 1.82) is 0 Å². The van der Waals surface area contributed by atoms with Gasteiger partial charge in [0.15, 0.2) is 0 Å². The highest BCUT2D eigenvalue weighted by Gasteiger charge is 2.36. The van der Waals surface area contributed by atoms with E-state index in [0.29, 0.717) is 6.42 Å². The van der Waals surface area contributed by atoms with E-state index < -0.39 is 23.4 Å². The van der Waals surface area contributed by atoms with E-state index in [9.17, 15) is 19.5 Å². The predicted octanol–water partition coefficient (Wildman–Crippen LogP) is 1.08. The molecule has 0 saturated carbocycles. The third kappa shape index (κ3) is 5.01. The first kappa shape index (κ1) is 17.4. The maximum Gasteiger partial charge on any atom is 0.350 e. The van der Waals surface area contributed by atoms with Crippen LogP contribution in [0.15, 0.2) is 36.7 Å². The quantitative estimate of drug-likeness (QED) is 0.516. The summed E-state index contributed by atoms with van der Waals surface area (Å²) in [7, 11) is 0. The molecule has 1 unspecified atom stereocenters. The number of unbranched alkanes of at least 4 members (excludes halogenated alkanes) is 1. The number of nitrogens with one attached hydrogen (secondary N) is 2. The molecule has 7 heteroatoms. The summed E-state index contributed by atoms with van der Waals surface area (Å²) in [5.41, 5.74) is -1.72. The molecular formula is C15H19N3O4. The van der Waals surface area contributed by atoms with Crippen LogP contribution in [-0.2, 0) is 9.59 Å². The van der Waals surface area contributed by atoms with Gasteiger partial charge in [0.2, 0.25) is 11.6 Å². The van der Waals surface area contributed by atoms with Crippen molar-refractivity contribution in [2.45, 2.75) is 32.4 Å². The van der Waals surface area contributed by atoms with Gasteiger partial charge < -0.3 is 15.7 Å². The fourth-order valence-corrected chi connectivity index (χ4v) is 1.58. The van der Waals surface area contributed by atoms with E-state index in [1.165, 1.54) is 31.5 Å². The SMILES string of the molecule is CCCC=CC(=O)NC(C)(NC(=O)c1cccnc1)C(=O)O. The fraction of sp³-hybridized carbons (Fsp3) is 0.333. The summed E-state index contributed by atoms with van der Waals surface area (Å²) in [6.07, 6.45) is 7.27. The summed E-state index contributed by atoms with van der Waals surface area (Å²) in [4.78, 5) is 38.9. The molecule has 0 bridgehead atoms. The zero-order valence-electron chi connectivity index (χ0n) is 12.5. The normalized spacial score (nSPS) is 13.4. The summed E-state index contributed by atoms with van der Waals surface area (Å²) in [6, 6.07) is 3.05. The van der Waals surface area contributed by atoms with Crippen LogP contribution in [0.2, 0.25) is 0 Å². The van der Waals surface area contributed by atoms with E-state index in [0.717, 1.165) is 6.42 Å². The Hall–Kier alpha value is -2.70. The number of allylic oxidation sites excluding steroid dienone is 1. The van der Waals surface area contributed by atoms with Crippen LogP contribution in [0.1, 0.15) is 37.0 Å². The molecule has 0 aliphatic rings. The molecule has 118 valence electrons. The molecule has 1 aromatic heterocycles. The van der Waals surface area contributed by atoms with Gasteiger partial charge in [-0.15, -0.1) is 0 Å². The summed E-state index contributed by atoms with van der Waals surface area (Å²) in [5, 5.41) is 13.8. The number of pyridine rings is 1. The average Bonchev–Trinajstić information content (AvgIpc) is 2.48. The van der Waals surface area contributed by atoms with E-state index >= 15 is 0 Å². The van der Waals surface area contributed by atoms with E-state index in [2.05, 4.69) is 15.6 Å². The number of aromatic nitrogens is 1. The highest BCUT2D eigenvalue weighted by Crippen LogP contribution is 2.04. The van der Waals surface area contributed by atoms with Gasteiger partial charge >= 0.3 is 5.97 Å². The molecule has 1 aromatic rings. The fourth-order valence-electron chi connectivity index (χ4n) is 1.58. The van der Waals surface area contributed by atoms with Gasteiger partial charge in [-0.25, -0.2) is 4.79 Å². The minimum Gasteiger partial charge on any atom is -0.478 e. The minimum absolute atomic E-state index is 0.200. The summed E-state index contributed by atoms with van der Waals surface area (Å²) in [5.74, 6) is -2.61. The summed E-state index contributed by atoms with van der Waals surface area (Å²) >= 11 is 0. The van der Waals surface area contributed by atoms with Gasteiger partial charge in [-0.1, -0.05) is 19.4 Å². The Morgan fingerprint density at radius 2 is 2.09 bits per heavy atom. The molecule has 1 atom stereocenters. The second-order valence-corrected chi connectivity index (χ2v) is 4.81. The lowest BCUT2D eigenvalue weighted by Gasteiger charge is -2.26. The monoisotopic (exact) mass is 305 g/mol. The molecule has 3 N–H and O–H groups in total. The molecular weight excluding hydrogens is 286 g/mol. The van der Waals surface area contributed by atoms with Crippen LogP contribution in [-0.4, -0.2) is 33.5 Å². The van der Waals surface area contributed by atoms with Gasteiger partial charge in [0.1, 0.15) is 0 Å². The standard InChI is InChI=1S/C15H19N3O4/c1-3-4-5-8-12(19)17-15(2,14(21)22)18-13(20)11-7-6-9-16-10-11/h5-10H,3-4H2,1-2H3,(H,17,19)(H,18,20)(H,21,22). The Morgan fingerprint density at radius 3 is 2.64 bits per heavy atom. The van der Waals surface area contributed by atoms with Crippen molar-refractivity contribution in [3.63, 3.8) is 0 Å². The number of carbonyl (C=O) groups is 3. The third-order valence-corrected chi connectivity index (χ3v) is 2.81. The molecule has 1 rings (SSSR count). The van der Waals surface area contributed by atoms with E-state index in [4.69, 9.17) is 0 Å². The molecule has 0 aliphatic heterocycles. The molecule has 0 fully saturated rings. The van der Waals surface area contributed by atoms with Crippen molar-refractivity contribution >= 4 is 17.8 Å². The highest BCUT2D eigenvalue weighted by atomic mass is 16.4. The van der Waals surface area contributed by atoms with E-state index in [1.54, 1.807) is 12.1 Å². The van der Waals surface area contributed by atoms with Gasteiger partial charge in [-0.05, 0) is 31.6 Å².